The number of nitrogens with zero attached hydrogens (tertiary/aromatic N) is 3. The maximum absolute atomic E-state index is 12.7. The second-order valence-electron chi connectivity index (χ2n) is 6.00. The summed E-state index contributed by atoms with van der Waals surface area (Å²) >= 11 is 1.31. The zero-order valence-electron chi connectivity index (χ0n) is 14.9. The molecular weight excluding hydrogens is 405 g/mol. The van der Waals surface area contributed by atoms with Gasteiger partial charge in [-0.3, -0.25) is 10.1 Å². The van der Waals surface area contributed by atoms with Gasteiger partial charge in [0.1, 0.15) is 5.75 Å². The number of benzene rings is 2. The molecular formula is C19H13F3N4O2S. The fourth-order valence-corrected chi connectivity index (χ4v) is 3.53. The lowest BCUT2D eigenvalue weighted by Gasteiger charge is -2.05. The van der Waals surface area contributed by atoms with Crippen molar-refractivity contribution in [2.75, 3.05) is 12.4 Å². The fourth-order valence-electron chi connectivity index (χ4n) is 2.64. The highest BCUT2D eigenvalue weighted by Crippen LogP contribution is 2.30. The third-order valence-electron chi connectivity index (χ3n) is 4.09. The fraction of sp³-hybridized carbons (Fsp3) is 0.105. The zero-order valence-corrected chi connectivity index (χ0v) is 15.7. The van der Waals surface area contributed by atoms with Crippen LogP contribution in [0.5, 0.6) is 5.75 Å². The predicted molar refractivity (Wildman–Crippen MR) is 103 cm³/mol. The average molecular weight is 418 g/mol. The molecule has 1 amide bonds. The molecule has 0 spiro atoms. The lowest BCUT2D eigenvalue weighted by Crippen LogP contribution is -2.11. The molecule has 0 aliphatic rings. The number of halogens is 3. The molecule has 10 heteroatoms. The first-order valence-corrected chi connectivity index (χ1v) is 9.14. The Labute approximate surface area is 166 Å². The molecule has 1 N–H and O–H groups in total. The highest BCUT2D eigenvalue weighted by atomic mass is 32.1. The Hall–Kier alpha value is -3.40. The van der Waals surface area contributed by atoms with Crippen LogP contribution in [-0.4, -0.2) is 27.8 Å². The van der Waals surface area contributed by atoms with Crippen LogP contribution in [0, 0.1) is 0 Å². The van der Waals surface area contributed by atoms with E-state index in [0.29, 0.717) is 22.1 Å². The number of methoxy groups -OCH3 is 1. The first-order valence-electron chi connectivity index (χ1n) is 8.33. The van der Waals surface area contributed by atoms with E-state index >= 15 is 0 Å². The van der Waals surface area contributed by atoms with Gasteiger partial charge in [0, 0.05) is 11.8 Å². The number of fused-ring (bicyclic) bond motifs is 1. The van der Waals surface area contributed by atoms with E-state index in [1.54, 1.807) is 19.2 Å². The minimum Gasteiger partial charge on any atom is -0.497 e. The summed E-state index contributed by atoms with van der Waals surface area (Å²) in [6.45, 7) is 0. The largest absolute Gasteiger partial charge is 0.497 e. The number of carbonyl (C=O) groups is 1. The lowest BCUT2D eigenvalue weighted by molar-refractivity contribution is -0.141. The van der Waals surface area contributed by atoms with E-state index in [1.165, 1.54) is 41.8 Å². The molecule has 29 heavy (non-hydrogen) atoms. The van der Waals surface area contributed by atoms with Crippen molar-refractivity contribution in [3.63, 3.8) is 0 Å². The monoisotopic (exact) mass is 418 g/mol. The van der Waals surface area contributed by atoms with Crippen molar-refractivity contribution >= 4 is 32.6 Å². The Morgan fingerprint density at radius 2 is 1.90 bits per heavy atom. The maximum atomic E-state index is 12.7. The van der Waals surface area contributed by atoms with E-state index in [1.807, 2.05) is 6.07 Å². The highest BCUT2D eigenvalue weighted by molar-refractivity contribution is 7.22. The van der Waals surface area contributed by atoms with Crippen LogP contribution in [0.3, 0.4) is 0 Å². The highest BCUT2D eigenvalue weighted by Gasteiger charge is 2.33. The van der Waals surface area contributed by atoms with E-state index < -0.39 is 11.9 Å². The van der Waals surface area contributed by atoms with Crippen LogP contribution in [-0.2, 0) is 6.18 Å². The molecule has 0 unspecified atom stereocenters. The number of hydrogen-bond acceptors (Lipinski definition) is 5. The van der Waals surface area contributed by atoms with Gasteiger partial charge < -0.3 is 4.74 Å². The molecule has 2 aromatic carbocycles. The number of rotatable bonds is 4. The van der Waals surface area contributed by atoms with Gasteiger partial charge in [-0.05, 0) is 48.5 Å². The molecule has 0 fully saturated rings. The molecule has 148 valence electrons. The molecule has 0 bridgehead atoms. The minimum atomic E-state index is -4.51. The van der Waals surface area contributed by atoms with Crippen LogP contribution in [0.1, 0.15) is 16.1 Å². The second kappa shape index (κ2) is 7.21. The Balaban J connectivity index is 1.50. The Morgan fingerprint density at radius 1 is 1.14 bits per heavy atom. The number of thiazole rings is 1. The van der Waals surface area contributed by atoms with Crippen molar-refractivity contribution in [2.45, 2.75) is 6.18 Å². The zero-order chi connectivity index (χ0) is 20.6. The number of carbonyl (C=O) groups excluding carboxylic acids is 1. The van der Waals surface area contributed by atoms with Crippen molar-refractivity contribution < 1.29 is 22.7 Å². The van der Waals surface area contributed by atoms with Gasteiger partial charge in [0.25, 0.3) is 5.91 Å². The summed E-state index contributed by atoms with van der Waals surface area (Å²) in [6.07, 6.45) is -3.29. The normalized spacial score (nSPS) is 11.6. The van der Waals surface area contributed by atoms with Crippen LogP contribution in [0.25, 0.3) is 15.9 Å². The van der Waals surface area contributed by atoms with Gasteiger partial charge in [0.2, 0.25) is 0 Å². The topological polar surface area (TPSA) is 69.0 Å². The SMILES string of the molecule is COc1ccc2nc(NC(=O)c3ccc(-n4ccc(C(F)(F)F)n4)cc3)sc2c1. The first kappa shape index (κ1) is 18.9. The van der Waals surface area contributed by atoms with Crippen molar-refractivity contribution in [1.82, 2.24) is 14.8 Å². The van der Waals surface area contributed by atoms with Crippen LogP contribution in [0.2, 0.25) is 0 Å². The van der Waals surface area contributed by atoms with Gasteiger partial charge in [0.15, 0.2) is 10.8 Å². The Bertz CT molecular complexity index is 1180. The van der Waals surface area contributed by atoms with E-state index in [9.17, 15) is 18.0 Å². The summed E-state index contributed by atoms with van der Waals surface area (Å²) in [6, 6.07) is 12.4. The van der Waals surface area contributed by atoms with E-state index in [2.05, 4.69) is 15.4 Å². The van der Waals surface area contributed by atoms with E-state index in [4.69, 9.17) is 4.74 Å². The van der Waals surface area contributed by atoms with Crippen molar-refractivity contribution in [3.8, 4) is 11.4 Å². The number of aromatic nitrogens is 3. The maximum Gasteiger partial charge on any atom is 0.435 e. The van der Waals surface area contributed by atoms with E-state index in [-0.39, 0.29) is 5.91 Å². The van der Waals surface area contributed by atoms with E-state index in [0.717, 1.165) is 21.0 Å². The summed E-state index contributed by atoms with van der Waals surface area (Å²) in [5.74, 6) is 0.320. The van der Waals surface area contributed by atoms with Crippen molar-refractivity contribution in [3.05, 3.63) is 66.0 Å². The van der Waals surface area contributed by atoms with Crippen LogP contribution >= 0.6 is 11.3 Å². The molecule has 4 rings (SSSR count). The van der Waals surface area contributed by atoms with Gasteiger partial charge in [-0.1, -0.05) is 11.3 Å². The third-order valence-corrected chi connectivity index (χ3v) is 5.02. The third kappa shape index (κ3) is 3.92. The number of nitrogens with one attached hydrogen (secondary N) is 1. The van der Waals surface area contributed by atoms with Crippen LogP contribution in [0.4, 0.5) is 18.3 Å². The molecule has 0 aliphatic carbocycles. The summed E-state index contributed by atoms with van der Waals surface area (Å²) in [4.78, 5) is 16.8. The van der Waals surface area contributed by atoms with Crippen molar-refractivity contribution in [2.24, 2.45) is 0 Å². The molecule has 2 heterocycles. The quantitative estimate of drug-likeness (QED) is 0.519. The first-order chi connectivity index (χ1) is 13.8. The van der Waals surface area contributed by atoms with Gasteiger partial charge in [-0.2, -0.15) is 18.3 Å². The predicted octanol–water partition coefficient (Wildman–Crippen LogP) is 4.76. The molecule has 0 aliphatic heterocycles. The van der Waals surface area contributed by atoms with Gasteiger partial charge in [-0.25, -0.2) is 9.67 Å². The summed E-state index contributed by atoms with van der Waals surface area (Å²) in [5, 5.41) is 6.66. The number of ether oxygens (including phenoxy) is 1. The van der Waals surface area contributed by atoms with Crippen molar-refractivity contribution in [1.29, 1.82) is 0 Å². The summed E-state index contributed by atoms with van der Waals surface area (Å²) < 4.78 is 45.2. The molecule has 2 aromatic heterocycles. The van der Waals surface area contributed by atoms with Gasteiger partial charge in [0.05, 0.1) is 23.0 Å². The molecule has 0 atom stereocenters. The average Bonchev–Trinajstić information content (AvgIpc) is 3.34. The van der Waals surface area contributed by atoms with Crippen LogP contribution < -0.4 is 10.1 Å². The smallest absolute Gasteiger partial charge is 0.435 e. The number of alkyl halides is 3. The molecule has 0 radical (unpaired) electrons. The molecule has 0 saturated carbocycles. The number of amides is 1. The standard InChI is InChI=1S/C19H13F3N4O2S/c1-28-13-6-7-14-15(10-13)29-18(23-14)24-17(27)11-2-4-12(5-3-11)26-9-8-16(25-26)19(20,21)22/h2-10H,1H3,(H,23,24,27). The summed E-state index contributed by atoms with van der Waals surface area (Å²) in [7, 11) is 1.57. The molecule has 0 saturated heterocycles. The van der Waals surface area contributed by atoms with Gasteiger partial charge in [-0.15, -0.1) is 0 Å². The Kier molecular flexibility index (Phi) is 4.71. The number of anilines is 1. The lowest BCUT2D eigenvalue weighted by atomic mass is 10.2. The number of hydrogen-bond donors (Lipinski definition) is 1. The molecule has 6 nitrogen and oxygen atoms in total. The second-order valence-corrected chi connectivity index (χ2v) is 7.03. The van der Waals surface area contributed by atoms with Crippen LogP contribution in [0.15, 0.2) is 54.7 Å². The Morgan fingerprint density at radius 3 is 2.55 bits per heavy atom. The summed E-state index contributed by atoms with van der Waals surface area (Å²) in [5.41, 5.74) is 0.505. The molecule has 4 aromatic rings. The van der Waals surface area contributed by atoms with Gasteiger partial charge >= 0.3 is 6.18 Å². The minimum absolute atomic E-state index is 0.341.